The Morgan fingerprint density at radius 1 is 1.03 bits per heavy atom. The van der Waals surface area contributed by atoms with Crippen LogP contribution in [0.1, 0.15) is 47.1 Å². The van der Waals surface area contributed by atoms with Crippen LogP contribution in [0.3, 0.4) is 0 Å². The van der Waals surface area contributed by atoms with Gasteiger partial charge in [-0.25, -0.2) is 8.42 Å². The smallest absolute Gasteiger partial charge is 0.243 e. The summed E-state index contributed by atoms with van der Waals surface area (Å²) in [7, 11) is -1.98. The molecule has 1 fully saturated rings. The Morgan fingerprint density at radius 2 is 1.84 bits per heavy atom. The normalized spacial score (nSPS) is 21.6. The first-order valence-corrected chi connectivity index (χ1v) is 12.9. The lowest BCUT2D eigenvalue weighted by Crippen LogP contribution is -2.39. The molecule has 3 aliphatic rings. The van der Waals surface area contributed by atoms with Crippen LogP contribution in [-0.2, 0) is 35.8 Å². The minimum absolute atomic E-state index is 0.310. The van der Waals surface area contributed by atoms with Gasteiger partial charge in [-0.15, -0.1) is 0 Å². The summed E-state index contributed by atoms with van der Waals surface area (Å²) < 4.78 is 34.8. The van der Waals surface area contributed by atoms with E-state index in [0.717, 1.165) is 60.4 Å². The number of ether oxygens (including phenoxy) is 1. The van der Waals surface area contributed by atoms with Crippen LogP contribution in [0, 0.1) is 11.3 Å². The van der Waals surface area contributed by atoms with E-state index in [2.05, 4.69) is 11.0 Å². The molecule has 1 atom stereocenters. The Hall–Kier alpha value is -2.40. The third kappa shape index (κ3) is 3.71. The molecule has 0 amide bonds. The molecule has 6 nitrogen and oxygen atoms in total. The zero-order valence-corrected chi connectivity index (χ0v) is 19.3. The predicted octanol–water partition coefficient (Wildman–Crippen LogP) is 3.27. The van der Waals surface area contributed by atoms with Gasteiger partial charge in [-0.05, 0) is 92.6 Å². The van der Waals surface area contributed by atoms with Gasteiger partial charge in [0.05, 0.1) is 23.6 Å². The fourth-order valence-corrected chi connectivity index (χ4v) is 7.29. The van der Waals surface area contributed by atoms with E-state index in [9.17, 15) is 13.7 Å². The fourth-order valence-electron chi connectivity index (χ4n) is 5.59. The van der Waals surface area contributed by atoms with Crippen molar-refractivity contribution in [3.63, 3.8) is 0 Å². The SMILES string of the molecule is COc1ccc(S(=O)(=O)N2CCc3ccc(C#N)cc3C2)c2c1C[C@@H](N1CCCC1)CC2. The molecule has 168 valence electrons. The van der Waals surface area contributed by atoms with Crippen molar-refractivity contribution in [1.82, 2.24) is 9.21 Å². The van der Waals surface area contributed by atoms with Crippen molar-refractivity contribution in [2.75, 3.05) is 26.7 Å². The second-order valence-corrected chi connectivity index (χ2v) is 11.0. The summed E-state index contributed by atoms with van der Waals surface area (Å²) in [5.41, 5.74) is 4.60. The minimum Gasteiger partial charge on any atom is -0.496 e. The number of rotatable bonds is 4. The number of fused-ring (bicyclic) bond motifs is 2. The average Bonchev–Trinajstić information content (AvgIpc) is 3.37. The van der Waals surface area contributed by atoms with Crippen LogP contribution in [0.2, 0.25) is 0 Å². The Morgan fingerprint density at radius 3 is 2.59 bits per heavy atom. The molecular weight excluding hydrogens is 422 g/mol. The van der Waals surface area contributed by atoms with Crippen molar-refractivity contribution >= 4 is 10.0 Å². The molecule has 2 aromatic rings. The number of nitrogens with zero attached hydrogens (tertiary/aromatic N) is 3. The number of sulfonamides is 1. The first kappa shape index (κ1) is 21.4. The van der Waals surface area contributed by atoms with Gasteiger partial charge in [-0.3, -0.25) is 0 Å². The molecule has 1 saturated heterocycles. The van der Waals surface area contributed by atoms with Gasteiger partial charge in [0.1, 0.15) is 5.75 Å². The summed E-state index contributed by atoms with van der Waals surface area (Å²) in [5.74, 6) is 0.797. The molecule has 0 spiro atoms. The quantitative estimate of drug-likeness (QED) is 0.713. The third-order valence-corrected chi connectivity index (χ3v) is 9.25. The summed E-state index contributed by atoms with van der Waals surface area (Å²) in [6.45, 7) is 3.04. The summed E-state index contributed by atoms with van der Waals surface area (Å²) in [6.07, 6.45) is 5.74. The average molecular weight is 452 g/mol. The molecule has 0 N–H and O–H groups in total. The van der Waals surface area contributed by atoms with Crippen LogP contribution in [0.15, 0.2) is 35.2 Å². The van der Waals surface area contributed by atoms with Crippen molar-refractivity contribution in [2.45, 2.75) is 56.0 Å². The lowest BCUT2D eigenvalue weighted by atomic mass is 9.87. The molecule has 7 heteroatoms. The van der Waals surface area contributed by atoms with Crippen molar-refractivity contribution in [3.05, 3.63) is 58.1 Å². The highest BCUT2D eigenvalue weighted by atomic mass is 32.2. The molecule has 32 heavy (non-hydrogen) atoms. The van der Waals surface area contributed by atoms with E-state index in [0.29, 0.717) is 36.0 Å². The predicted molar refractivity (Wildman–Crippen MR) is 122 cm³/mol. The van der Waals surface area contributed by atoms with Gasteiger partial charge in [0.15, 0.2) is 0 Å². The van der Waals surface area contributed by atoms with Gasteiger partial charge < -0.3 is 9.64 Å². The van der Waals surface area contributed by atoms with Gasteiger partial charge >= 0.3 is 0 Å². The zero-order chi connectivity index (χ0) is 22.3. The van der Waals surface area contributed by atoms with Gasteiger partial charge in [-0.2, -0.15) is 9.57 Å². The number of hydrogen-bond acceptors (Lipinski definition) is 5. The van der Waals surface area contributed by atoms with Gasteiger partial charge in [0.25, 0.3) is 0 Å². The lowest BCUT2D eigenvalue weighted by molar-refractivity contribution is 0.219. The molecule has 0 bridgehead atoms. The fraction of sp³-hybridized carbons (Fsp3) is 0.480. The van der Waals surface area contributed by atoms with Crippen molar-refractivity contribution in [2.24, 2.45) is 0 Å². The van der Waals surface area contributed by atoms with E-state index in [-0.39, 0.29) is 0 Å². The summed E-state index contributed by atoms with van der Waals surface area (Å²) >= 11 is 0. The van der Waals surface area contributed by atoms with Crippen molar-refractivity contribution in [1.29, 1.82) is 5.26 Å². The van der Waals surface area contributed by atoms with E-state index in [1.807, 2.05) is 18.2 Å². The second kappa shape index (κ2) is 8.51. The van der Waals surface area contributed by atoms with Gasteiger partial charge in [0, 0.05) is 24.7 Å². The van der Waals surface area contributed by atoms with Crippen LogP contribution in [0.5, 0.6) is 5.75 Å². The number of nitriles is 1. The Labute approximate surface area is 190 Å². The third-order valence-electron chi connectivity index (χ3n) is 7.32. The monoisotopic (exact) mass is 451 g/mol. The van der Waals surface area contributed by atoms with Gasteiger partial charge in [0.2, 0.25) is 10.0 Å². The van der Waals surface area contributed by atoms with Crippen LogP contribution < -0.4 is 4.74 Å². The van der Waals surface area contributed by atoms with E-state index < -0.39 is 10.0 Å². The minimum atomic E-state index is -3.65. The first-order valence-electron chi connectivity index (χ1n) is 11.5. The van der Waals surface area contributed by atoms with E-state index in [1.54, 1.807) is 23.5 Å². The number of methoxy groups -OCH3 is 1. The number of hydrogen-bond donors (Lipinski definition) is 0. The number of benzene rings is 2. The number of likely N-dealkylation sites (tertiary alicyclic amines) is 1. The topological polar surface area (TPSA) is 73.6 Å². The second-order valence-electron chi connectivity index (χ2n) is 9.05. The maximum Gasteiger partial charge on any atom is 0.243 e. The van der Waals surface area contributed by atoms with Crippen LogP contribution >= 0.6 is 0 Å². The molecular formula is C25H29N3O3S. The maximum absolute atomic E-state index is 13.8. The molecule has 0 radical (unpaired) electrons. The van der Waals surface area contributed by atoms with Crippen LogP contribution in [0.25, 0.3) is 0 Å². The Kier molecular flexibility index (Phi) is 5.70. The highest BCUT2D eigenvalue weighted by Crippen LogP contribution is 2.38. The molecule has 2 heterocycles. The van der Waals surface area contributed by atoms with Crippen LogP contribution in [-0.4, -0.2) is 50.4 Å². The molecule has 1 aliphatic carbocycles. The Balaban J connectivity index is 1.48. The molecule has 5 rings (SSSR count). The summed E-state index contributed by atoms with van der Waals surface area (Å²) in [4.78, 5) is 2.98. The standard InChI is InChI=1S/C25H29N3O3S/c1-31-24-8-9-25(22-7-6-21(15-23(22)24)27-11-2-3-12-27)32(29,30)28-13-10-19-5-4-18(16-26)14-20(19)17-28/h4-5,8-9,14,21H,2-3,6-7,10-13,15,17H2,1H3/t21-/m0/s1. The highest BCUT2D eigenvalue weighted by molar-refractivity contribution is 7.89. The summed E-state index contributed by atoms with van der Waals surface area (Å²) in [6, 6.07) is 11.7. The maximum atomic E-state index is 13.8. The Bertz CT molecular complexity index is 1180. The van der Waals surface area contributed by atoms with Crippen molar-refractivity contribution in [3.8, 4) is 11.8 Å². The lowest BCUT2D eigenvalue weighted by Gasteiger charge is -2.35. The molecule has 2 aliphatic heterocycles. The summed E-state index contributed by atoms with van der Waals surface area (Å²) in [5, 5.41) is 9.23. The van der Waals surface area contributed by atoms with E-state index >= 15 is 0 Å². The molecule has 0 unspecified atom stereocenters. The van der Waals surface area contributed by atoms with Gasteiger partial charge in [-0.1, -0.05) is 6.07 Å². The molecule has 2 aromatic carbocycles. The highest BCUT2D eigenvalue weighted by Gasteiger charge is 2.35. The first-order chi connectivity index (χ1) is 15.5. The van der Waals surface area contributed by atoms with Crippen molar-refractivity contribution < 1.29 is 13.2 Å². The van der Waals surface area contributed by atoms with Crippen LogP contribution in [0.4, 0.5) is 0 Å². The molecule has 0 saturated carbocycles. The zero-order valence-electron chi connectivity index (χ0n) is 18.5. The van der Waals surface area contributed by atoms with E-state index in [1.165, 1.54) is 12.8 Å². The largest absolute Gasteiger partial charge is 0.496 e. The molecule has 0 aromatic heterocycles. The van der Waals surface area contributed by atoms with E-state index in [4.69, 9.17) is 4.74 Å².